The fourth-order valence-corrected chi connectivity index (χ4v) is 5.16. The lowest BCUT2D eigenvalue weighted by Gasteiger charge is -2.26. The van der Waals surface area contributed by atoms with Gasteiger partial charge in [0.2, 0.25) is 0 Å². The monoisotopic (exact) mass is 475 g/mol. The molecule has 0 bridgehead atoms. The van der Waals surface area contributed by atoms with Crippen molar-refractivity contribution in [3.05, 3.63) is 87.1 Å². The SMILES string of the molecule is CC(C)(C)c1[nH]c2cc([N+](=O)[O-])ccc2c1CCN1CCC[C@H]1c1ccc(C/C=C/C(=O)O)cc1. The van der Waals surface area contributed by atoms with Gasteiger partial charge in [-0.1, -0.05) is 51.1 Å². The number of nitrogens with zero attached hydrogens (tertiary/aromatic N) is 2. The summed E-state index contributed by atoms with van der Waals surface area (Å²) in [7, 11) is 0. The molecule has 4 rings (SSSR count). The van der Waals surface area contributed by atoms with E-state index in [1.165, 1.54) is 17.2 Å². The van der Waals surface area contributed by atoms with Crippen LogP contribution in [0.5, 0.6) is 0 Å². The molecule has 2 aromatic carbocycles. The summed E-state index contributed by atoms with van der Waals surface area (Å²) in [6.45, 7) is 8.47. The second kappa shape index (κ2) is 10.0. The highest BCUT2D eigenvalue weighted by Gasteiger charge is 2.28. The average molecular weight is 476 g/mol. The van der Waals surface area contributed by atoms with Crippen molar-refractivity contribution in [2.75, 3.05) is 13.1 Å². The maximum Gasteiger partial charge on any atom is 0.327 e. The molecule has 3 aromatic rings. The Morgan fingerprint density at radius 2 is 1.97 bits per heavy atom. The Hall–Kier alpha value is -3.45. The van der Waals surface area contributed by atoms with E-state index in [0.717, 1.165) is 54.5 Å². The van der Waals surface area contributed by atoms with Crippen molar-refractivity contribution in [2.45, 2.75) is 57.9 Å². The van der Waals surface area contributed by atoms with E-state index in [4.69, 9.17) is 5.11 Å². The number of nitro benzene ring substituents is 1. The number of fused-ring (bicyclic) bond motifs is 1. The van der Waals surface area contributed by atoms with Crippen LogP contribution in [0, 0.1) is 10.1 Å². The topological polar surface area (TPSA) is 99.5 Å². The second-order valence-corrected chi connectivity index (χ2v) is 10.3. The highest BCUT2D eigenvalue weighted by molar-refractivity contribution is 5.87. The molecular weight excluding hydrogens is 442 g/mol. The van der Waals surface area contributed by atoms with Crippen LogP contribution in [-0.2, 0) is 23.1 Å². The minimum absolute atomic E-state index is 0.0988. The van der Waals surface area contributed by atoms with Crippen molar-refractivity contribution < 1.29 is 14.8 Å². The van der Waals surface area contributed by atoms with Gasteiger partial charge in [-0.2, -0.15) is 0 Å². The minimum atomic E-state index is -0.925. The number of carboxylic acid groups (broad SMARTS) is 1. The van der Waals surface area contributed by atoms with E-state index in [-0.39, 0.29) is 16.0 Å². The number of H-pyrrole nitrogens is 1. The summed E-state index contributed by atoms with van der Waals surface area (Å²) < 4.78 is 0. The number of aromatic amines is 1. The number of allylic oxidation sites excluding steroid dienone is 1. The van der Waals surface area contributed by atoms with Gasteiger partial charge in [-0.15, -0.1) is 0 Å². The number of nitrogens with one attached hydrogen (secondary N) is 1. The van der Waals surface area contributed by atoms with Crippen molar-refractivity contribution in [2.24, 2.45) is 0 Å². The number of rotatable bonds is 8. The van der Waals surface area contributed by atoms with Crippen molar-refractivity contribution >= 4 is 22.6 Å². The molecule has 1 aliphatic rings. The summed E-state index contributed by atoms with van der Waals surface area (Å²) in [6.07, 6.45) is 6.60. The lowest BCUT2D eigenvalue weighted by atomic mass is 9.88. The van der Waals surface area contributed by atoms with Gasteiger partial charge in [-0.05, 0) is 55.0 Å². The van der Waals surface area contributed by atoms with Crippen molar-refractivity contribution in [3.8, 4) is 0 Å². The first-order chi connectivity index (χ1) is 16.6. The van der Waals surface area contributed by atoms with Gasteiger partial charge < -0.3 is 10.1 Å². The quantitative estimate of drug-likeness (QED) is 0.239. The van der Waals surface area contributed by atoms with Gasteiger partial charge in [0.25, 0.3) is 5.69 Å². The number of hydrogen-bond acceptors (Lipinski definition) is 4. The van der Waals surface area contributed by atoms with Crippen LogP contribution in [0.15, 0.2) is 54.6 Å². The summed E-state index contributed by atoms with van der Waals surface area (Å²) in [5.41, 5.74) is 5.60. The smallest absolute Gasteiger partial charge is 0.327 e. The van der Waals surface area contributed by atoms with E-state index >= 15 is 0 Å². The van der Waals surface area contributed by atoms with E-state index in [1.54, 1.807) is 18.2 Å². The van der Waals surface area contributed by atoms with E-state index in [9.17, 15) is 14.9 Å². The van der Waals surface area contributed by atoms with Gasteiger partial charge in [-0.25, -0.2) is 4.79 Å². The summed E-state index contributed by atoms with van der Waals surface area (Å²) in [6, 6.07) is 14.0. The van der Waals surface area contributed by atoms with Crippen LogP contribution in [-0.4, -0.2) is 39.0 Å². The molecule has 7 nitrogen and oxygen atoms in total. The molecule has 0 radical (unpaired) electrons. The molecule has 0 spiro atoms. The second-order valence-electron chi connectivity index (χ2n) is 10.3. The normalized spacial score (nSPS) is 16.9. The zero-order chi connectivity index (χ0) is 25.2. The third kappa shape index (κ3) is 5.62. The molecule has 184 valence electrons. The van der Waals surface area contributed by atoms with Gasteiger partial charge in [0.1, 0.15) is 0 Å². The molecule has 2 N–H and O–H groups in total. The molecule has 0 aliphatic carbocycles. The standard InChI is InChI=1S/C28H33N3O4/c1-28(2,3)27-23(22-14-13-21(31(34)35)18-24(22)29-27)15-17-30-16-5-7-25(30)20-11-9-19(10-12-20)6-4-8-26(32)33/h4,8-14,18,25,29H,5-7,15-17H2,1-3H3,(H,32,33)/b8-4+/t25-/m0/s1. The Balaban J connectivity index is 1.52. The first-order valence-corrected chi connectivity index (χ1v) is 12.2. The third-order valence-electron chi connectivity index (χ3n) is 6.84. The summed E-state index contributed by atoms with van der Waals surface area (Å²) in [5.74, 6) is -0.925. The van der Waals surface area contributed by atoms with Gasteiger partial charge >= 0.3 is 5.97 Å². The first-order valence-electron chi connectivity index (χ1n) is 12.2. The molecule has 1 saturated heterocycles. The van der Waals surface area contributed by atoms with E-state index in [1.807, 2.05) is 6.07 Å². The van der Waals surface area contributed by atoms with Crippen LogP contribution in [0.2, 0.25) is 0 Å². The van der Waals surface area contributed by atoms with Gasteiger partial charge in [0, 0.05) is 47.3 Å². The molecule has 35 heavy (non-hydrogen) atoms. The summed E-state index contributed by atoms with van der Waals surface area (Å²) in [4.78, 5) is 27.6. The number of nitro groups is 1. The highest BCUT2D eigenvalue weighted by Crippen LogP contribution is 2.36. The number of non-ortho nitro benzene ring substituents is 1. The van der Waals surface area contributed by atoms with Crippen LogP contribution >= 0.6 is 0 Å². The Morgan fingerprint density at radius 3 is 2.63 bits per heavy atom. The maximum absolute atomic E-state index is 11.3. The minimum Gasteiger partial charge on any atom is -0.478 e. The van der Waals surface area contributed by atoms with Gasteiger partial charge in [0.15, 0.2) is 0 Å². The van der Waals surface area contributed by atoms with Crippen LogP contribution in [0.3, 0.4) is 0 Å². The Kier molecular flexibility index (Phi) is 7.08. The molecule has 1 aromatic heterocycles. The number of benzene rings is 2. The molecule has 1 fully saturated rings. The number of carboxylic acids is 1. The van der Waals surface area contributed by atoms with E-state index < -0.39 is 5.97 Å². The number of carbonyl (C=O) groups is 1. The molecule has 1 aliphatic heterocycles. The zero-order valence-corrected chi connectivity index (χ0v) is 20.6. The first kappa shape index (κ1) is 24.7. The van der Waals surface area contributed by atoms with Crippen molar-refractivity contribution in [1.29, 1.82) is 0 Å². The predicted octanol–water partition coefficient (Wildman–Crippen LogP) is 5.94. The van der Waals surface area contributed by atoms with Crippen LogP contribution in [0.1, 0.15) is 62.0 Å². The maximum atomic E-state index is 11.3. The fraction of sp³-hybridized carbons (Fsp3) is 0.393. The van der Waals surface area contributed by atoms with Crippen LogP contribution in [0.4, 0.5) is 5.69 Å². The summed E-state index contributed by atoms with van der Waals surface area (Å²) in [5, 5.41) is 21.1. The summed E-state index contributed by atoms with van der Waals surface area (Å²) >= 11 is 0. The lowest BCUT2D eigenvalue weighted by molar-refractivity contribution is -0.384. The highest BCUT2D eigenvalue weighted by atomic mass is 16.6. The molecular formula is C28H33N3O4. The average Bonchev–Trinajstić information content (AvgIpc) is 3.41. The number of aromatic nitrogens is 1. The Morgan fingerprint density at radius 1 is 1.23 bits per heavy atom. The van der Waals surface area contributed by atoms with E-state index in [2.05, 4.69) is 54.9 Å². The zero-order valence-electron chi connectivity index (χ0n) is 20.6. The van der Waals surface area contributed by atoms with Crippen LogP contribution < -0.4 is 0 Å². The van der Waals surface area contributed by atoms with Crippen molar-refractivity contribution in [3.63, 3.8) is 0 Å². The van der Waals surface area contributed by atoms with Gasteiger partial charge in [0.05, 0.1) is 10.4 Å². The lowest BCUT2D eigenvalue weighted by Crippen LogP contribution is -2.26. The van der Waals surface area contributed by atoms with Gasteiger partial charge in [-0.3, -0.25) is 15.0 Å². The molecule has 2 heterocycles. The number of likely N-dealkylation sites (tertiary alicyclic amines) is 1. The predicted molar refractivity (Wildman–Crippen MR) is 138 cm³/mol. The van der Waals surface area contributed by atoms with Crippen LogP contribution in [0.25, 0.3) is 10.9 Å². The molecule has 0 saturated carbocycles. The number of aliphatic carboxylic acids is 1. The molecule has 1 atom stereocenters. The van der Waals surface area contributed by atoms with E-state index in [0.29, 0.717) is 12.5 Å². The fourth-order valence-electron chi connectivity index (χ4n) is 5.16. The number of hydrogen-bond donors (Lipinski definition) is 2. The Bertz CT molecular complexity index is 1250. The molecule has 0 amide bonds. The van der Waals surface area contributed by atoms with Crippen molar-refractivity contribution in [1.82, 2.24) is 9.88 Å². The Labute approximate surface area is 205 Å². The molecule has 7 heteroatoms. The largest absolute Gasteiger partial charge is 0.478 e. The molecule has 0 unspecified atom stereocenters. The third-order valence-corrected chi connectivity index (χ3v) is 6.84.